The number of nitrogens with zero attached hydrogens (tertiary/aromatic N) is 8. The van der Waals surface area contributed by atoms with E-state index < -0.39 is 20.5 Å². The van der Waals surface area contributed by atoms with E-state index in [9.17, 15) is 0 Å². The average Bonchev–Trinajstić information content (AvgIpc) is 3.21. The van der Waals surface area contributed by atoms with Crippen LogP contribution in [0.25, 0.3) is 0 Å². The largest absolute Gasteiger partial charge is 0.286 e. The molecule has 0 aliphatic heterocycles. The van der Waals surface area contributed by atoms with Crippen LogP contribution in [0.1, 0.15) is 34.2 Å². The zero-order valence-corrected chi connectivity index (χ0v) is 36.7. The minimum Gasteiger partial charge on any atom is -0.286 e. The molecule has 0 unspecified atom stereocenters. The normalized spacial score (nSPS) is 10.4. The van der Waals surface area contributed by atoms with Crippen LogP contribution in [0.15, 0.2) is 146 Å². The van der Waals surface area contributed by atoms with Crippen LogP contribution in [0, 0.1) is 20.5 Å². The Morgan fingerprint density at radius 3 is 0.569 bits per heavy atom. The smallest absolute Gasteiger partial charge is 0.0544 e. The number of pyridine rings is 6. The summed E-state index contributed by atoms with van der Waals surface area (Å²) in [6.45, 7) is 4.63. The molecule has 0 saturated carbocycles. The fourth-order valence-corrected chi connectivity index (χ4v) is 4.66. The van der Waals surface area contributed by atoms with Crippen LogP contribution in [-0.4, -0.2) is 39.7 Å². The predicted octanol–water partition coefficient (Wildman–Crippen LogP) is -1.99. The molecular weight excluding hydrogens is 1020 g/mol. The zero-order valence-electron chi connectivity index (χ0n) is 30.2. The minimum absolute atomic E-state index is 0.772. The molecule has 0 saturated heterocycles. The summed E-state index contributed by atoms with van der Waals surface area (Å²) in [6, 6.07) is 36.0. The molecule has 58 heavy (non-hydrogen) atoms. The Kier molecular flexibility index (Phi) is 29.0. The van der Waals surface area contributed by atoms with Gasteiger partial charge in [-0.15, -0.1) is 20.5 Å². The molecule has 16 nitrogen and oxygen atoms in total. The maximum atomic E-state index is 8.49. The first-order valence-corrected chi connectivity index (χ1v) is 23.1. The SMILES string of the molecule is [Cl][Ru+].[Cl][Ru+].[O-][Cl+3]([O-])([O-])[O-].[O-][Cl+3]([O-])([O-])[O-].c1ccc(CN(Cc2ccccn2)Cc2ccccn2)nc1.c1ccc(CN(Cc2ccccn2)Cc2ccccn2)nc1. The van der Waals surface area contributed by atoms with Crippen LogP contribution >= 0.6 is 19.4 Å². The average molecular weight is 1050 g/mol. The zero-order chi connectivity index (χ0) is 43.1. The Bertz CT molecular complexity index is 1500. The van der Waals surface area contributed by atoms with Crippen molar-refractivity contribution in [3.05, 3.63) is 181 Å². The molecule has 0 aromatic carbocycles. The quantitative estimate of drug-likeness (QED) is 0.120. The van der Waals surface area contributed by atoms with Gasteiger partial charge in [-0.1, -0.05) is 36.4 Å². The Hall–Kier alpha value is -3.09. The third-order valence-electron chi connectivity index (χ3n) is 6.67. The summed E-state index contributed by atoms with van der Waals surface area (Å²) in [5.74, 6) is 0. The second-order valence-electron chi connectivity index (χ2n) is 11.0. The van der Waals surface area contributed by atoms with Gasteiger partial charge in [0.25, 0.3) is 0 Å². The van der Waals surface area contributed by atoms with E-state index in [1.165, 1.54) is 0 Å². The van der Waals surface area contributed by atoms with Crippen LogP contribution in [0.5, 0.6) is 0 Å². The Morgan fingerprint density at radius 2 is 0.466 bits per heavy atom. The number of hydrogen-bond donors (Lipinski definition) is 0. The van der Waals surface area contributed by atoms with Gasteiger partial charge in [0.2, 0.25) is 0 Å². The molecule has 0 amide bonds. The first kappa shape index (κ1) is 52.9. The molecule has 0 radical (unpaired) electrons. The Labute approximate surface area is 368 Å². The van der Waals surface area contributed by atoms with E-state index in [-0.39, 0.29) is 0 Å². The fraction of sp³-hybridized carbons (Fsp3) is 0.167. The van der Waals surface area contributed by atoms with Crippen molar-refractivity contribution >= 4 is 19.4 Å². The first-order chi connectivity index (χ1) is 27.8. The van der Waals surface area contributed by atoms with E-state index in [4.69, 9.17) is 37.3 Å². The summed E-state index contributed by atoms with van der Waals surface area (Å²) < 4.78 is 67.9. The van der Waals surface area contributed by atoms with Crippen molar-refractivity contribution in [2.24, 2.45) is 0 Å². The van der Waals surface area contributed by atoms with Gasteiger partial charge in [-0.05, 0) is 72.8 Å². The van der Waals surface area contributed by atoms with E-state index >= 15 is 0 Å². The monoisotopic (exact) mass is 1050 g/mol. The molecule has 0 N–H and O–H groups in total. The van der Waals surface area contributed by atoms with E-state index in [0.717, 1.165) is 73.4 Å². The summed E-state index contributed by atoms with van der Waals surface area (Å²) in [6.07, 6.45) is 11.0. The first-order valence-electron chi connectivity index (χ1n) is 16.1. The molecule has 0 bridgehead atoms. The van der Waals surface area contributed by atoms with Crippen LogP contribution < -0.4 is 37.3 Å². The molecule has 6 rings (SSSR count). The molecule has 22 heteroatoms. The molecule has 0 spiro atoms. The van der Waals surface area contributed by atoms with Crippen molar-refractivity contribution in [1.82, 2.24) is 39.7 Å². The van der Waals surface area contributed by atoms with Gasteiger partial charge in [-0.25, -0.2) is 37.3 Å². The molecule has 6 aromatic rings. The number of rotatable bonds is 12. The fourth-order valence-electron chi connectivity index (χ4n) is 4.66. The van der Waals surface area contributed by atoms with E-state index in [1.54, 1.807) is 0 Å². The van der Waals surface area contributed by atoms with Gasteiger partial charge in [0, 0.05) is 76.4 Å². The van der Waals surface area contributed by atoms with Gasteiger partial charge in [0.1, 0.15) is 0 Å². The summed E-state index contributed by atoms with van der Waals surface area (Å²) in [7, 11) is -0.751. The van der Waals surface area contributed by atoms with Gasteiger partial charge >= 0.3 is 54.0 Å². The molecule has 0 fully saturated rings. The van der Waals surface area contributed by atoms with Gasteiger partial charge < -0.3 is 0 Å². The van der Waals surface area contributed by atoms with Gasteiger partial charge in [0.05, 0.1) is 34.2 Å². The number of aromatic nitrogens is 6. The van der Waals surface area contributed by atoms with Gasteiger partial charge in [0.15, 0.2) is 0 Å². The second-order valence-corrected chi connectivity index (χ2v) is 12.5. The summed E-state index contributed by atoms with van der Waals surface area (Å²) in [5, 5.41) is 0. The molecular formula is C36H36Cl4N8O8Ru2. The van der Waals surface area contributed by atoms with Crippen molar-refractivity contribution in [2.45, 2.75) is 39.3 Å². The van der Waals surface area contributed by atoms with Crippen molar-refractivity contribution in [3.8, 4) is 0 Å². The van der Waals surface area contributed by atoms with E-state index in [1.807, 2.05) is 181 Å². The van der Waals surface area contributed by atoms with Gasteiger partial charge in [-0.2, -0.15) is 0 Å². The number of halogens is 4. The van der Waals surface area contributed by atoms with Crippen LogP contribution in [0.3, 0.4) is 0 Å². The molecule has 0 atom stereocenters. The standard InChI is InChI=1S/2C18H18N4.2ClHO4.2ClH.2Ru/c2*1-4-10-19-16(7-1)13-22(14-17-8-2-5-11-20-17)15-18-9-3-6-12-21-18;2*2-1(3,4)5;;;;/h2*1-12H,13-15H2;2*(H,2,3,4,5);2*1H;;/q;;;;;;2*+2/p-4. The molecule has 312 valence electrons. The van der Waals surface area contributed by atoms with E-state index in [0.29, 0.717) is 0 Å². The third kappa shape index (κ3) is 30.0. The molecule has 0 aliphatic carbocycles. The van der Waals surface area contributed by atoms with Crippen molar-refractivity contribution < 1.29 is 92.4 Å². The van der Waals surface area contributed by atoms with Crippen molar-refractivity contribution in [1.29, 1.82) is 0 Å². The molecule has 0 aliphatic rings. The summed E-state index contributed by atoms with van der Waals surface area (Å²) in [5.41, 5.74) is 6.30. The Balaban J connectivity index is 0.000000441. The van der Waals surface area contributed by atoms with Crippen LogP contribution in [0.4, 0.5) is 0 Å². The van der Waals surface area contributed by atoms with Crippen LogP contribution in [0.2, 0.25) is 0 Å². The summed E-state index contributed by atoms with van der Waals surface area (Å²) >= 11 is 3.64. The van der Waals surface area contributed by atoms with Crippen molar-refractivity contribution in [2.75, 3.05) is 0 Å². The third-order valence-corrected chi connectivity index (χ3v) is 6.67. The maximum Gasteiger partial charge on any atom is 0.0544 e. The summed E-state index contributed by atoms with van der Waals surface area (Å²) in [4.78, 5) is 31.1. The second kappa shape index (κ2) is 31.8. The van der Waals surface area contributed by atoms with Crippen LogP contribution in [-0.2, 0) is 73.9 Å². The van der Waals surface area contributed by atoms with E-state index in [2.05, 4.69) is 59.1 Å². The molecule has 6 heterocycles. The predicted molar refractivity (Wildman–Crippen MR) is 183 cm³/mol. The molecule has 6 aromatic heterocycles. The van der Waals surface area contributed by atoms with Crippen molar-refractivity contribution in [3.63, 3.8) is 0 Å². The van der Waals surface area contributed by atoms with Gasteiger partial charge in [-0.3, -0.25) is 39.7 Å². The Morgan fingerprint density at radius 1 is 0.328 bits per heavy atom. The maximum absolute atomic E-state index is 8.49. The number of hydrogen-bond acceptors (Lipinski definition) is 16. The minimum atomic E-state index is -4.94. The topological polar surface area (TPSA) is 268 Å².